The summed E-state index contributed by atoms with van der Waals surface area (Å²) < 4.78 is 0. The predicted molar refractivity (Wildman–Crippen MR) is 69.5 cm³/mol. The Hall–Kier alpha value is -0.570. The van der Waals surface area contributed by atoms with Gasteiger partial charge in [-0.25, -0.2) is 0 Å². The Balaban J connectivity index is 1.81. The monoisotopic (exact) mass is 238 g/mol. The third kappa shape index (κ3) is 3.01. The fourth-order valence-corrected chi connectivity index (χ4v) is 2.91. The maximum Gasteiger partial charge on any atom is 0.240 e. The highest BCUT2D eigenvalue weighted by Gasteiger charge is 2.46. The minimum absolute atomic E-state index is 0.0626. The van der Waals surface area contributed by atoms with Crippen molar-refractivity contribution in [2.24, 2.45) is 17.6 Å². The molecule has 2 rings (SSSR count). The molecule has 0 aromatic carbocycles. The summed E-state index contributed by atoms with van der Waals surface area (Å²) in [5.41, 5.74) is 5.38. The van der Waals surface area contributed by atoms with E-state index in [-0.39, 0.29) is 11.9 Å². The predicted octanol–water partition coefficient (Wildman–Crippen LogP) is 2.20. The average molecular weight is 238 g/mol. The SMILES string of the molecule is CC(NC(=O)C1(N)CC1)C(C)C1CCCCC1. The molecule has 17 heavy (non-hydrogen) atoms. The molecular formula is C14H26N2O. The summed E-state index contributed by atoms with van der Waals surface area (Å²) in [5.74, 6) is 1.42. The first-order chi connectivity index (χ1) is 8.03. The van der Waals surface area contributed by atoms with E-state index in [4.69, 9.17) is 5.73 Å². The van der Waals surface area contributed by atoms with Gasteiger partial charge < -0.3 is 11.1 Å². The fraction of sp³-hybridized carbons (Fsp3) is 0.929. The van der Waals surface area contributed by atoms with E-state index < -0.39 is 5.54 Å². The van der Waals surface area contributed by atoms with Gasteiger partial charge in [-0.05, 0) is 31.6 Å². The van der Waals surface area contributed by atoms with Crippen LogP contribution in [-0.2, 0) is 4.79 Å². The normalized spacial score (nSPS) is 27.2. The van der Waals surface area contributed by atoms with Crippen LogP contribution in [-0.4, -0.2) is 17.5 Å². The van der Waals surface area contributed by atoms with Gasteiger partial charge in [-0.15, -0.1) is 0 Å². The molecule has 1 amide bonds. The molecule has 0 radical (unpaired) electrons. The molecule has 2 saturated carbocycles. The van der Waals surface area contributed by atoms with Crippen LogP contribution in [0, 0.1) is 11.8 Å². The molecule has 2 aliphatic carbocycles. The van der Waals surface area contributed by atoms with Gasteiger partial charge in [0.1, 0.15) is 0 Å². The van der Waals surface area contributed by atoms with E-state index in [1.54, 1.807) is 0 Å². The number of carbonyl (C=O) groups is 1. The van der Waals surface area contributed by atoms with E-state index >= 15 is 0 Å². The fourth-order valence-electron chi connectivity index (χ4n) is 2.91. The van der Waals surface area contributed by atoms with Crippen LogP contribution in [0.2, 0.25) is 0 Å². The Bertz CT molecular complexity index is 280. The van der Waals surface area contributed by atoms with E-state index in [2.05, 4.69) is 19.2 Å². The molecule has 0 bridgehead atoms. The number of nitrogens with one attached hydrogen (secondary N) is 1. The number of nitrogens with two attached hydrogens (primary N) is 1. The van der Waals surface area contributed by atoms with Crippen molar-refractivity contribution >= 4 is 5.91 Å². The number of carbonyl (C=O) groups excluding carboxylic acids is 1. The van der Waals surface area contributed by atoms with Crippen molar-refractivity contribution in [3.8, 4) is 0 Å². The van der Waals surface area contributed by atoms with E-state index in [0.717, 1.165) is 18.8 Å². The van der Waals surface area contributed by atoms with E-state index in [1.807, 2.05) is 0 Å². The molecule has 2 atom stereocenters. The average Bonchev–Trinajstić information content (AvgIpc) is 3.09. The molecule has 3 N–H and O–H groups in total. The third-order valence-corrected chi connectivity index (χ3v) is 4.78. The highest BCUT2D eigenvalue weighted by molar-refractivity contribution is 5.89. The molecule has 98 valence electrons. The lowest BCUT2D eigenvalue weighted by molar-refractivity contribution is -0.124. The van der Waals surface area contributed by atoms with E-state index in [1.165, 1.54) is 32.1 Å². The zero-order valence-electron chi connectivity index (χ0n) is 11.2. The van der Waals surface area contributed by atoms with E-state index in [0.29, 0.717) is 5.92 Å². The molecule has 2 unspecified atom stereocenters. The van der Waals surface area contributed by atoms with Crippen LogP contribution >= 0.6 is 0 Å². The lowest BCUT2D eigenvalue weighted by Gasteiger charge is -2.32. The highest BCUT2D eigenvalue weighted by atomic mass is 16.2. The molecule has 2 fully saturated rings. The minimum Gasteiger partial charge on any atom is -0.352 e. The maximum absolute atomic E-state index is 11.9. The zero-order chi connectivity index (χ0) is 12.5. The van der Waals surface area contributed by atoms with E-state index in [9.17, 15) is 4.79 Å². The van der Waals surface area contributed by atoms with Crippen LogP contribution < -0.4 is 11.1 Å². The van der Waals surface area contributed by atoms with Crippen LogP contribution in [0.1, 0.15) is 58.8 Å². The second kappa shape index (κ2) is 4.97. The third-order valence-electron chi connectivity index (χ3n) is 4.78. The number of hydrogen-bond acceptors (Lipinski definition) is 2. The largest absolute Gasteiger partial charge is 0.352 e. The molecule has 0 saturated heterocycles. The molecule has 3 heteroatoms. The van der Waals surface area contributed by atoms with Crippen molar-refractivity contribution in [1.82, 2.24) is 5.32 Å². The first-order valence-corrected chi connectivity index (χ1v) is 7.13. The Morgan fingerprint density at radius 3 is 2.35 bits per heavy atom. The van der Waals surface area contributed by atoms with Crippen LogP contribution in [0.25, 0.3) is 0 Å². The molecule has 0 aromatic heterocycles. The zero-order valence-corrected chi connectivity index (χ0v) is 11.2. The molecule has 0 spiro atoms. The van der Waals surface area contributed by atoms with Gasteiger partial charge in [0.05, 0.1) is 5.54 Å². The Labute approximate surface area is 105 Å². The standard InChI is InChI=1S/C14H26N2O/c1-10(12-6-4-3-5-7-12)11(2)16-13(17)14(15)8-9-14/h10-12H,3-9,15H2,1-2H3,(H,16,17). The Morgan fingerprint density at radius 2 is 1.82 bits per heavy atom. The molecule has 0 heterocycles. The van der Waals surface area contributed by atoms with Crippen molar-refractivity contribution < 1.29 is 4.79 Å². The van der Waals surface area contributed by atoms with Gasteiger partial charge in [0.25, 0.3) is 0 Å². The first kappa shape index (κ1) is 12.9. The van der Waals surface area contributed by atoms with Crippen molar-refractivity contribution in [2.75, 3.05) is 0 Å². The quantitative estimate of drug-likeness (QED) is 0.789. The second-order valence-electron chi connectivity index (χ2n) is 6.18. The topological polar surface area (TPSA) is 55.1 Å². The number of hydrogen-bond donors (Lipinski definition) is 2. The number of amides is 1. The van der Waals surface area contributed by atoms with Crippen molar-refractivity contribution in [3.63, 3.8) is 0 Å². The second-order valence-corrected chi connectivity index (χ2v) is 6.18. The summed E-state index contributed by atoms with van der Waals surface area (Å²) in [6.07, 6.45) is 8.46. The van der Waals surface area contributed by atoms with Crippen molar-refractivity contribution in [2.45, 2.75) is 70.4 Å². The van der Waals surface area contributed by atoms with Gasteiger partial charge in [0.2, 0.25) is 5.91 Å². The van der Waals surface area contributed by atoms with Gasteiger partial charge in [-0.2, -0.15) is 0 Å². The van der Waals surface area contributed by atoms with Gasteiger partial charge in [0.15, 0.2) is 0 Å². The van der Waals surface area contributed by atoms with Crippen molar-refractivity contribution in [3.05, 3.63) is 0 Å². The van der Waals surface area contributed by atoms with Crippen LogP contribution in [0.4, 0.5) is 0 Å². The minimum atomic E-state index is -0.527. The number of rotatable bonds is 4. The van der Waals surface area contributed by atoms with Gasteiger partial charge in [0, 0.05) is 6.04 Å². The summed E-state index contributed by atoms with van der Waals surface area (Å²) in [6, 6.07) is 0.256. The summed E-state index contributed by atoms with van der Waals surface area (Å²) >= 11 is 0. The lowest BCUT2D eigenvalue weighted by Crippen LogP contribution is -2.49. The first-order valence-electron chi connectivity index (χ1n) is 7.13. The highest BCUT2D eigenvalue weighted by Crippen LogP contribution is 2.34. The summed E-state index contributed by atoms with van der Waals surface area (Å²) in [4.78, 5) is 11.9. The van der Waals surface area contributed by atoms with Crippen LogP contribution in [0.3, 0.4) is 0 Å². The Morgan fingerprint density at radius 1 is 1.24 bits per heavy atom. The molecule has 2 aliphatic rings. The van der Waals surface area contributed by atoms with Crippen LogP contribution in [0.5, 0.6) is 0 Å². The summed E-state index contributed by atoms with van der Waals surface area (Å²) in [7, 11) is 0. The molecule has 0 aliphatic heterocycles. The molecule has 3 nitrogen and oxygen atoms in total. The van der Waals surface area contributed by atoms with Gasteiger partial charge in [-0.1, -0.05) is 39.0 Å². The smallest absolute Gasteiger partial charge is 0.240 e. The molecular weight excluding hydrogens is 212 g/mol. The summed E-state index contributed by atoms with van der Waals surface area (Å²) in [6.45, 7) is 4.40. The summed E-state index contributed by atoms with van der Waals surface area (Å²) in [5, 5.41) is 3.12. The molecule has 0 aromatic rings. The van der Waals surface area contributed by atoms with Gasteiger partial charge in [-0.3, -0.25) is 4.79 Å². The lowest BCUT2D eigenvalue weighted by atomic mass is 9.78. The van der Waals surface area contributed by atoms with Gasteiger partial charge >= 0.3 is 0 Å². The Kier molecular flexibility index (Phi) is 3.76. The van der Waals surface area contributed by atoms with Crippen LogP contribution in [0.15, 0.2) is 0 Å². The maximum atomic E-state index is 11.9. The van der Waals surface area contributed by atoms with Crippen molar-refractivity contribution in [1.29, 1.82) is 0 Å².